The van der Waals surface area contributed by atoms with Crippen molar-refractivity contribution >= 4 is 38.1 Å². The van der Waals surface area contributed by atoms with Gasteiger partial charge in [-0.1, -0.05) is 18.2 Å². The standard InChI is InChI=1S/C23H18FN3O4S2/c1-31-19-10-8-18(9-11-19)27-33(29,30)20-7-3-5-16(13-20)22(28)26-23-25-21(14-32-23)15-4-2-6-17(24)12-15/h2-14,27H,1H3,(H,25,26,28). The maximum absolute atomic E-state index is 13.4. The Kier molecular flexibility index (Phi) is 6.38. The average molecular weight is 484 g/mol. The molecule has 1 heterocycles. The fourth-order valence-electron chi connectivity index (χ4n) is 2.96. The van der Waals surface area contributed by atoms with Crippen molar-refractivity contribution in [3.8, 4) is 17.0 Å². The van der Waals surface area contributed by atoms with Gasteiger partial charge >= 0.3 is 0 Å². The van der Waals surface area contributed by atoms with Crippen LogP contribution in [0.4, 0.5) is 15.2 Å². The maximum atomic E-state index is 13.4. The Labute approximate surface area is 193 Å². The lowest BCUT2D eigenvalue weighted by Crippen LogP contribution is -2.16. The van der Waals surface area contributed by atoms with Crippen molar-refractivity contribution < 1.29 is 22.3 Å². The molecule has 0 fully saturated rings. The van der Waals surface area contributed by atoms with E-state index in [4.69, 9.17) is 4.74 Å². The molecule has 0 aliphatic heterocycles. The number of ether oxygens (including phenoxy) is 1. The highest BCUT2D eigenvalue weighted by molar-refractivity contribution is 7.92. The molecule has 33 heavy (non-hydrogen) atoms. The van der Waals surface area contributed by atoms with Crippen LogP contribution in [0.1, 0.15) is 10.4 Å². The van der Waals surface area contributed by atoms with E-state index in [9.17, 15) is 17.6 Å². The van der Waals surface area contributed by atoms with E-state index in [-0.39, 0.29) is 16.3 Å². The Balaban J connectivity index is 1.49. The van der Waals surface area contributed by atoms with Crippen molar-refractivity contribution in [1.82, 2.24) is 4.98 Å². The molecule has 0 saturated carbocycles. The van der Waals surface area contributed by atoms with Gasteiger partial charge in [-0.05, 0) is 54.6 Å². The Morgan fingerprint density at radius 2 is 1.79 bits per heavy atom. The fraction of sp³-hybridized carbons (Fsp3) is 0.0435. The summed E-state index contributed by atoms with van der Waals surface area (Å²) in [5.74, 6) is -0.302. The summed E-state index contributed by atoms with van der Waals surface area (Å²) in [7, 11) is -2.40. The third-order valence-corrected chi connectivity index (χ3v) is 6.73. The predicted octanol–water partition coefficient (Wildman–Crippen LogP) is 5.01. The zero-order valence-electron chi connectivity index (χ0n) is 17.3. The van der Waals surface area contributed by atoms with E-state index in [0.717, 1.165) is 0 Å². The zero-order chi connectivity index (χ0) is 23.4. The first kappa shape index (κ1) is 22.4. The molecule has 4 rings (SSSR count). The number of aromatic nitrogens is 1. The number of benzene rings is 3. The highest BCUT2D eigenvalue weighted by Crippen LogP contribution is 2.26. The van der Waals surface area contributed by atoms with E-state index in [1.165, 1.54) is 54.8 Å². The lowest BCUT2D eigenvalue weighted by atomic mass is 10.2. The second-order valence-corrected chi connectivity index (χ2v) is 9.40. The molecular formula is C23H18FN3O4S2. The third-order valence-electron chi connectivity index (χ3n) is 4.59. The number of hydrogen-bond donors (Lipinski definition) is 2. The number of thiazole rings is 1. The first-order valence-electron chi connectivity index (χ1n) is 9.64. The summed E-state index contributed by atoms with van der Waals surface area (Å²) in [4.78, 5) is 16.9. The number of anilines is 2. The second-order valence-electron chi connectivity index (χ2n) is 6.86. The van der Waals surface area contributed by atoms with Crippen molar-refractivity contribution in [3.05, 3.63) is 89.6 Å². The van der Waals surface area contributed by atoms with Crippen molar-refractivity contribution in [1.29, 1.82) is 0 Å². The monoisotopic (exact) mass is 483 g/mol. The smallest absolute Gasteiger partial charge is 0.261 e. The summed E-state index contributed by atoms with van der Waals surface area (Å²) in [6, 6.07) is 18.1. The van der Waals surface area contributed by atoms with Gasteiger partial charge in [0.2, 0.25) is 0 Å². The van der Waals surface area contributed by atoms with Gasteiger partial charge in [0, 0.05) is 22.2 Å². The van der Waals surface area contributed by atoms with Gasteiger partial charge in [0.25, 0.3) is 15.9 Å². The molecule has 1 amide bonds. The Hall–Kier alpha value is -3.76. The number of halogens is 1. The van der Waals surface area contributed by atoms with Crippen LogP contribution < -0.4 is 14.8 Å². The molecule has 3 aromatic carbocycles. The van der Waals surface area contributed by atoms with Crippen molar-refractivity contribution in [2.24, 2.45) is 0 Å². The van der Waals surface area contributed by atoms with Crippen LogP contribution in [0.25, 0.3) is 11.3 Å². The maximum Gasteiger partial charge on any atom is 0.261 e. The van der Waals surface area contributed by atoms with Gasteiger partial charge in [-0.25, -0.2) is 17.8 Å². The average Bonchev–Trinajstić information content (AvgIpc) is 3.28. The first-order valence-corrected chi connectivity index (χ1v) is 12.0. The van der Waals surface area contributed by atoms with Gasteiger partial charge in [-0.2, -0.15) is 0 Å². The lowest BCUT2D eigenvalue weighted by molar-refractivity contribution is 0.102. The van der Waals surface area contributed by atoms with Gasteiger partial charge in [0.1, 0.15) is 11.6 Å². The van der Waals surface area contributed by atoms with Crippen LogP contribution in [-0.4, -0.2) is 26.4 Å². The van der Waals surface area contributed by atoms with Crippen molar-refractivity contribution in [3.63, 3.8) is 0 Å². The van der Waals surface area contributed by atoms with Crippen LogP contribution in [0.15, 0.2) is 83.1 Å². The number of amides is 1. The lowest BCUT2D eigenvalue weighted by Gasteiger charge is -2.10. The van der Waals surface area contributed by atoms with Crippen molar-refractivity contribution in [2.75, 3.05) is 17.1 Å². The van der Waals surface area contributed by atoms with Crippen LogP contribution in [-0.2, 0) is 10.0 Å². The summed E-state index contributed by atoms with van der Waals surface area (Å²) >= 11 is 1.18. The SMILES string of the molecule is COc1ccc(NS(=O)(=O)c2cccc(C(=O)Nc3nc(-c4cccc(F)c4)cs3)c2)cc1. The van der Waals surface area contributed by atoms with E-state index in [0.29, 0.717) is 27.8 Å². The number of carbonyl (C=O) groups excluding carboxylic acids is 1. The van der Waals surface area contributed by atoms with E-state index in [1.807, 2.05) is 0 Å². The Bertz CT molecular complexity index is 1400. The second kappa shape index (κ2) is 9.39. The topological polar surface area (TPSA) is 97.4 Å². The quantitative estimate of drug-likeness (QED) is 0.385. The molecule has 7 nitrogen and oxygen atoms in total. The molecule has 4 aromatic rings. The molecule has 0 spiro atoms. The minimum absolute atomic E-state index is 0.0643. The molecule has 0 aliphatic carbocycles. The summed E-state index contributed by atoms with van der Waals surface area (Å²) < 4.78 is 46.5. The molecule has 0 atom stereocenters. The number of sulfonamides is 1. The number of hydrogen-bond acceptors (Lipinski definition) is 6. The molecule has 1 aromatic heterocycles. The van der Waals surface area contributed by atoms with E-state index >= 15 is 0 Å². The minimum atomic E-state index is -3.92. The number of rotatable bonds is 7. The van der Waals surface area contributed by atoms with Gasteiger partial charge in [0.15, 0.2) is 5.13 Å². The summed E-state index contributed by atoms with van der Waals surface area (Å²) in [6.45, 7) is 0. The molecule has 10 heteroatoms. The summed E-state index contributed by atoms with van der Waals surface area (Å²) in [5, 5.41) is 4.66. The molecule has 0 aliphatic rings. The molecule has 2 N–H and O–H groups in total. The number of nitrogens with zero attached hydrogens (tertiary/aromatic N) is 1. The third kappa shape index (κ3) is 5.36. The molecule has 0 radical (unpaired) electrons. The molecule has 168 valence electrons. The van der Waals surface area contributed by atoms with Crippen LogP contribution in [0, 0.1) is 5.82 Å². The zero-order valence-corrected chi connectivity index (χ0v) is 18.9. The highest BCUT2D eigenvalue weighted by atomic mass is 32.2. The van der Waals surface area contributed by atoms with Gasteiger partial charge in [-0.15, -0.1) is 11.3 Å². The predicted molar refractivity (Wildman–Crippen MR) is 126 cm³/mol. The Morgan fingerprint density at radius 3 is 2.52 bits per heavy atom. The first-order chi connectivity index (χ1) is 15.8. The Morgan fingerprint density at radius 1 is 1.03 bits per heavy atom. The number of carbonyl (C=O) groups is 1. The van der Waals surface area contributed by atoms with E-state index in [1.54, 1.807) is 41.8 Å². The normalized spacial score (nSPS) is 11.1. The van der Waals surface area contributed by atoms with Crippen LogP contribution in [0.3, 0.4) is 0 Å². The number of methoxy groups -OCH3 is 1. The highest BCUT2D eigenvalue weighted by Gasteiger charge is 2.17. The van der Waals surface area contributed by atoms with Gasteiger partial charge in [0.05, 0.1) is 17.7 Å². The molecule has 0 unspecified atom stereocenters. The van der Waals surface area contributed by atoms with Gasteiger partial charge in [-0.3, -0.25) is 14.8 Å². The number of nitrogens with one attached hydrogen (secondary N) is 2. The largest absolute Gasteiger partial charge is 0.497 e. The van der Waals surface area contributed by atoms with E-state index in [2.05, 4.69) is 15.0 Å². The van der Waals surface area contributed by atoms with Crippen LogP contribution >= 0.6 is 11.3 Å². The molecule has 0 saturated heterocycles. The van der Waals surface area contributed by atoms with E-state index < -0.39 is 15.9 Å². The fourth-order valence-corrected chi connectivity index (χ4v) is 4.78. The van der Waals surface area contributed by atoms with Gasteiger partial charge < -0.3 is 4.74 Å². The molecular weight excluding hydrogens is 465 g/mol. The minimum Gasteiger partial charge on any atom is -0.497 e. The van der Waals surface area contributed by atoms with Crippen molar-refractivity contribution in [2.45, 2.75) is 4.90 Å². The van der Waals surface area contributed by atoms with Crippen LogP contribution in [0.5, 0.6) is 5.75 Å². The summed E-state index contributed by atoms with van der Waals surface area (Å²) in [5.41, 5.74) is 1.62. The van der Waals surface area contributed by atoms with Crippen LogP contribution in [0.2, 0.25) is 0 Å². The molecule has 0 bridgehead atoms. The summed E-state index contributed by atoms with van der Waals surface area (Å²) in [6.07, 6.45) is 0.